The largest absolute Gasteiger partial charge is 0.493 e. The van der Waals surface area contributed by atoms with Crippen molar-refractivity contribution >= 4 is 33.4 Å². The molecule has 0 aromatic heterocycles. The summed E-state index contributed by atoms with van der Waals surface area (Å²) in [5.74, 6) is 0.369. The van der Waals surface area contributed by atoms with Gasteiger partial charge in [0.05, 0.1) is 27.0 Å². The summed E-state index contributed by atoms with van der Waals surface area (Å²) in [6.45, 7) is 1.69. The molecule has 0 heterocycles. The number of amides is 2. The molecule has 0 aliphatic rings. The first kappa shape index (κ1) is 28.4. The van der Waals surface area contributed by atoms with Gasteiger partial charge in [-0.3, -0.25) is 9.59 Å². The van der Waals surface area contributed by atoms with Crippen LogP contribution in [0.3, 0.4) is 0 Å². The SMILES string of the molecule is COc1ccc(CCNC(=O)C(C)N(Cc2ccc(Cl)cc2)C(=O)CN(C)S(C)(=O)=O)cc1OC. The third-order valence-corrected chi connectivity index (χ3v) is 7.03. The highest BCUT2D eigenvalue weighted by Gasteiger charge is 2.28. The number of hydrogen-bond donors (Lipinski definition) is 1. The van der Waals surface area contributed by atoms with Crippen LogP contribution >= 0.6 is 11.6 Å². The second-order valence-electron chi connectivity index (χ2n) is 8.07. The van der Waals surface area contributed by atoms with Crippen molar-refractivity contribution in [1.82, 2.24) is 14.5 Å². The van der Waals surface area contributed by atoms with Gasteiger partial charge in [-0.1, -0.05) is 29.8 Å². The molecule has 0 spiro atoms. The zero-order valence-electron chi connectivity index (χ0n) is 20.6. The Morgan fingerprint density at radius 3 is 2.20 bits per heavy atom. The fraction of sp³-hybridized carbons (Fsp3) is 0.417. The lowest BCUT2D eigenvalue weighted by atomic mass is 10.1. The van der Waals surface area contributed by atoms with Gasteiger partial charge in [-0.2, -0.15) is 4.31 Å². The zero-order chi connectivity index (χ0) is 26.2. The van der Waals surface area contributed by atoms with E-state index in [2.05, 4.69) is 5.32 Å². The van der Waals surface area contributed by atoms with Crippen LogP contribution in [0, 0.1) is 0 Å². The van der Waals surface area contributed by atoms with Crippen molar-refractivity contribution in [1.29, 1.82) is 0 Å². The number of benzene rings is 2. The van der Waals surface area contributed by atoms with Crippen LogP contribution in [0.15, 0.2) is 42.5 Å². The molecule has 1 atom stereocenters. The van der Waals surface area contributed by atoms with Crippen molar-refractivity contribution in [3.05, 3.63) is 58.6 Å². The van der Waals surface area contributed by atoms with Crippen LogP contribution in [0.2, 0.25) is 5.02 Å². The molecule has 2 rings (SSSR count). The lowest BCUT2D eigenvalue weighted by Crippen LogP contribution is -2.50. The van der Waals surface area contributed by atoms with E-state index in [1.165, 1.54) is 11.9 Å². The highest BCUT2D eigenvalue weighted by molar-refractivity contribution is 7.88. The molecule has 1 unspecified atom stereocenters. The molecule has 0 fully saturated rings. The van der Waals surface area contributed by atoms with E-state index in [1.807, 2.05) is 12.1 Å². The lowest BCUT2D eigenvalue weighted by Gasteiger charge is -2.30. The summed E-state index contributed by atoms with van der Waals surface area (Å²) in [5, 5.41) is 3.40. The van der Waals surface area contributed by atoms with Gasteiger partial charge in [0.2, 0.25) is 21.8 Å². The van der Waals surface area contributed by atoms with Gasteiger partial charge in [0.1, 0.15) is 6.04 Å². The zero-order valence-corrected chi connectivity index (χ0v) is 22.1. The normalized spacial score (nSPS) is 12.2. The van der Waals surface area contributed by atoms with E-state index in [4.69, 9.17) is 21.1 Å². The number of rotatable bonds is 12. The van der Waals surface area contributed by atoms with Crippen LogP contribution in [0.1, 0.15) is 18.1 Å². The molecule has 2 aromatic carbocycles. The number of ether oxygens (including phenoxy) is 2. The minimum atomic E-state index is -3.56. The van der Waals surface area contributed by atoms with E-state index in [9.17, 15) is 18.0 Å². The van der Waals surface area contributed by atoms with Gasteiger partial charge in [0.25, 0.3) is 0 Å². The second kappa shape index (κ2) is 12.8. The third-order valence-electron chi connectivity index (χ3n) is 5.52. The minimum Gasteiger partial charge on any atom is -0.493 e. The van der Waals surface area contributed by atoms with Crippen molar-refractivity contribution in [2.75, 3.05) is 40.6 Å². The molecule has 35 heavy (non-hydrogen) atoms. The van der Waals surface area contributed by atoms with Crippen molar-refractivity contribution in [3.63, 3.8) is 0 Å². The number of likely N-dealkylation sites (N-methyl/N-ethyl adjacent to an activating group) is 1. The van der Waals surface area contributed by atoms with Gasteiger partial charge in [-0.15, -0.1) is 0 Å². The molecule has 9 nitrogen and oxygen atoms in total. The van der Waals surface area contributed by atoms with Crippen LogP contribution in [-0.4, -0.2) is 76.1 Å². The van der Waals surface area contributed by atoms with Gasteiger partial charge in [-0.05, 0) is 48.7 Å². The maximum Gasteiger partial charge on any atom is 0.242 e. The van der Waals surface area contributed by atoms with Crippen LogP contribution in [0.5, 0.6) is 11.5 Å². The Morgan fingerprint density at radius 1 is 1.03 bits per heavy atom. The first-order valence-corrected chi connectivity index (χ1v) is 13.1. The molecule has 0 aliphatic heterocycles. The molecule has 1 N–H and O–H groups in total. The number of carbonyl (C=O) groups is 2. The monoisotopic (exact) mass is 525 g/mol. The van der Waals surface area contributed by atoms with Gasteiger partial charge < -0.3 is 19.7 Å². The standard InChI is InChI=1S/C24H32ClN3O6S/c1-17(24(30)26-13-12-18-8-11-21(33-3)22(14-18)34-4)28(15-19-6-9-20(25)10-7-19)23(29)16-27(2)35(5,31)32/h6-11,14,17H,12-13,15-16H2,1-5H3,(H,26,30). The van der Waals surface area contributed by atoms with Gasteiger partial charge in [-0.25, -0.2) is 8.42 Å². The number of nitrogens with zero attached hydrogens (tertiary/aromatic N) is 2. The molecule has 0 saturated carbocycles. The molecular weight excluding hydrogens is 494 g/mol. The summed E-state index contributed by atoms with van der Waals surface area (Å²) in [6, 6.07) is 11.6. The molecule has 11 heteroatoms. The van der Waals surface area contributed by atoms with Gasteiger partial charge in [0, 0.05) is 25.2 Å². The van der Waals surface area contributed by atoms with E-state index >= 15 is 0 Å². The van der Waals surface area contributed by atoms with Crippen LogP contribution < -0.4 is 14.8 Å². The predicted octanol–water partition coefficient (Wildman–Crippen LogP) is 2.32. The Hall–Kier alpha value is -2.82. The molecule has 0 aliphatic carbocycles. The van der Waals surface area contributed by atoms with Crippen molar-refractivity contribution in [2.45, 2.75) is 25.9 Å². The van der Waals surface area contributed by atoms with Gasteiger partial charge >= 0.3 is 0 Å². The fourth-order valence-corrected chi connectivity index (χ4v) is 3.75. The lowest BCUT2D eigenvalue weighted by molar-refractivity contribution is -0.140. The number of carbonyl (C=O) groups excluding carboxylic acids is 2. The number of halogens is 1. The summed E-state index contributed by atoms with van der Waals surface area (Å²) >= 11 is 5.95. The van der Waals surface area contributed by atoms with Crippen LogP contribution in [0.25, 0.3) is 0 Å². The Morgan fingerprint density at radius 2 is 1.63 bits per heavy atom. The number of sulfonamides is 1. The first-order valence-electron chi connectivity index (χ1n) is 10.9. The number of hydrogen-bond acceptors (Lipinski definition) is 6. The van der Waals surface area contributed by atoms with Crippen molar-refractivity contribution < 1.29 is 27.5 Å². The maximum atomic E-state index is 13.0. The van der Waals surface area contributed by atoms with E-state index in [-0.39, 0.29) is 19.0 Å². The van der Waals surface area contributed by atoms with E-state index in [0.29, 0.717) is 29.5 Å². The first-order chi connectivity index (χ1) is 16.5. The molecular formula is C24H32ClN3O6S. The Labute approximate surface area is 212 Å². The molecule has 192 valence electrons. The second-order valence-corrected chi connectivity index (χ2v) is 10.6. The fourth-order valence-electron chi connectivity index (χ4n) is 3.28. The number of methoxy groups -OCH3 is 2. The predicted molar refractivity (Wildman–Crippen MR) is 135 cm³/mol. The summed E-state index contributed by atoms with van der Waals surface area (Å²) < 4.78 is 35.1. The maximum absolute atomic E-state index is 13.0. The van der Waals surface area contributed by atoms with Crippen molar-refractivity contribution in [3.8, 4) is 11.5 Å². The Bertz CT molecular complexity index is 1120. The van der Waals surface area contributed by atoms with Crippen molar-refractivity contribution in [2.24, 2.45) is 0 Å². The summed E-state index contributed by atoms with van der Waals surface area (Å²) in [7, 11) is 0.872. The molecule has 0 bridgehead atoms. The molecule has 0 radical (unpaired) electrons. The number of nitrogens with one attached hydrogen (secondary N) is 1. The summed E-state index contributed by atoms with van der Waals surface area (Å²) in [4.78, 5) is 27.3. The average molecular weight is 526 g/mol. The highest BCUT2D eigenvalue weighted by atomic mass is 35.5. The summed E-state index contributed by atoms with van der Waals surface area (Å²) in [5.41, 5.74) is 1.70. The van der Waals surface area contributed by atoms with E-state index in [0.717, 1.165) is 21.7 Å². The Kier molecular flexibility index (Phi) is 10.4. The van der Waals surface area contributed by atoms with E-state index in [1.54, 1.807) is 51.5 Å². The summed E-state index contributed by atoms with van der Waals surface area (Å²) in [6.07, 6.45) is 1.56. The molecule has 2 amide bonds. The molecule has 2 aromatic rings. The topological polar surface area (TPSA) is 105 Å². The third kappa shape index (κ3) is 8.41. The quantitative estimate of drug-likeness (QED) is 0.456. The van der Waals surface area contributed by atoms with Crippen LogP contribution in [0.4, 0.5) is 0 Å². The van der Waals surface area contributed by atoms with Gasteiger partial charge in [0.15, 0.2) is 11.5 Å². The molecule has 0 saturated heterocycles. The smallest absolute Gasteiger partial charge is 0.242 e. The van der Waals surface area contributed by atoms with Crippen LogP contribution in [-0.2, 0) is 32.6 Å². The highest BCUT2D eigenvalue weighted by Crippen LogP contribution is 2.27. The minimum absolute atomic E-state index is 0.123. The average Bonchev–Trinajstić information content (AvgIpc) is 2.82. The Balaban J connectivity index is 2.10. The van der Waals surface area contributed by atoms with E-state index < -0.39 is 22.0 Å².